The fourth-order valence-corrected chi connectivity index (χ4v) is 3.25. The molecule has 0 unspecified atom stereocenters. The van der Waals surface area contributed by atoms with Gasteiger partial charge in [-0.05, 0) is 31.0 Å². The average Bonchev–Trinajstić information content (AvgIpc) is 3.32. The summed E-state index contributed by atoms with van der Waals surface area (Å²) < 4.78 is 5.75. The van der Waals surface area contributed by atoms with E-state index < -0.39 is 0 Å². The first kappa shape index (κ1) is 17.8. The number of fused-ring (bicyclic) bond motifs is 1. The normalized spacial score (nSPS) is 16.8. The van der Waals surface area contributed by atoms with Crippen LogP contribution in [0.5, 0.6) is 5.75 Å². The van der Waals surface area contributed by atoms with Crippen molar-refractivity contribution in [2.24, 2.45) is 0 Å². The zero-order chi connectivity index (χ0) is 19.3. The van der Waals surface area contributed by atoms with E-state index in [9.17, 15) is 10.1 Å². The van der Waals surface area contributed by atoms with Crippen LogP contribution in [-0.2, 0) is 4.79 Å². The van der Waals surface area contributed by atoms with Crippen molar-refractivity contribution in [2.75, 3.05) is 30.3 Å². The van der Waals surface area contributed by atoms with Gasteiger partial charge in [-0.1, -0.05) is 12.1 Å². The molecule has 0 aliphatic carbocycles. The van der Waals surface area contributed by atoms with Crippen molar-refractivity contribution in [3.05, 3.63) is 48.1 Å². The Balaban J connectivity index is 1.41. The Hall–Kier alpha value is -3.60. The third kappa shape index (κ3) is 3.74. The lowest BCUT2D eigenvalue weighted by molar-refractivity contribution is -0.127. The summed E-state index contributed by atoms with van der Waals surface area (Å²) >= 11 is 0. The second-order valence-electron chi connectivity index (χ2n) is 6.57. The molecule has 1 fully saturated rings. The van der Waals surface area contributed by atoms with Crippen LogP contribution in [-0.4, -0.2) is 40.4 Å². The van der Waals surface area contributed by atoms with Crippen molar-refractivity contribution >= 4 is 23.1 Å². The lowest BCUT2D eigenvalue weighted by atomic mass is 10.2. The number of amides is 1. The number of likely N-dealkylation sites (tertiary alicyclic amines) is 1. The van der Waals surface area contributed by atoms with Gasteiger partial charge in [-0.2, -0.15) is 5.26 Å². The van der Waals surface area contributed by atoms with Crippen LogP contribution < -0.4 is 15.4 Å². The van der Waals surface area contributed by atoms with Gasteiger partial charge in [-0.3, -0.25) is 4.79 Å². The van der Waals surface area contributed by atoms with Gasteiger partial charge in [-0.25, -0.2) is 9.97 Å². The Labute approximate surface area is 162 Å². The topological polar surface area (TPSA) is 103 Å². The van der Waals surface area contributed by atoms with E-state index >= 15 is 0 Å². The molecular formula is C20H20N6O2. The number of nitriles is 1. The molecule has 1 amide bonds. The Morgan fingerprint density at radius 2 is 2.25 bits per heavy atom. The molecule has 0 spiro atoms. The molecule has 8 nitrogen and oxygen atoms in total. The van der Waals surface area contributed by atoms with E-state index in [1.807, 2.05) is 29.2 Å². The molecule has 2 aliphatic heterocycles. The molecule has 1 saturated heterocycles. The number of hydrogen-bond donors (Lipinski definition) is 2. The first-order valence-corrected chi connectivity index (χ1v) is 9.28. The molecule has 3 heterocycles. The van der Waals surface area contributed by atoms with Gasteiger partial charge in [0.25, 0.3) is 0 Å². The lowest BCUT2D eigenvalue weighted by Crippen LogP contribution is -2.27. The van der Waals surface area contributed by atoms with E-state index in [4.69, 9.17) is 4.74 Å². The van der Waals surface area contributed by atoms with Gasteiger partial charge in [-0.15, -0.1) is 0 Å². The van der Waals surface area contributed by atoms with E-state index in [-0.39, 0.29) is 5.91 Å². The van der Waals surface area contributed by atoms with Crippen LogP contribution in [0.3, 0.4) is 0 Å². The van der Waals surface area contributed by atoms with Gasteiger partial charge in [0.1, 0.15) is 11.6 Å². The lowest BCUT2D eigenvalue weighted by Gasteiger charge is -2.15. The zero-order valence-electron chi connectivity index (χ0n) is 15.3. The molecule has 28 heavy (non-hydrogen) atoms. The van der Waals surface area contributed by atoms with Crippen molar-refractivity contribution in [3.63, 3.8) is 0 Å². The number of allylic oxidation sites excluding steroid dienone is 1. The number of nitrogens with one attached hydrogen (secondary N) is 2. The maximum absolute atomic E-state index is 11.6. The summed E-state index contributed by atoms with van der Waals surface area (Å²) in [6, 6.07) is 11.3. The number of carbonyl (C=O) groups excluding carboxylic acids is 1. The van der Waals surface area contributed by atoms with Crippen molar-refractivity contribution in [1.82, 2.24) is 14.9 Å². The van der Waals surface area contributed by atoms with Crippen LogP contribution in [0.15, 0.2) is 42.4 Å². The molecule has 8 heteroatoms. The van der Waals surface area contributed by atoms with Crippen LogP contribution >= 0.6 is 0 Å². The molecule has 142 valence electrons. The van der Waals surface area contributed by atoms with Crippen molar-refractivity contribution < 1.29 is 9.53 Å². The molecule has 0 radical (unpaired) electrons. The smallest absolute Gasteiger partial charge is 0.223 e. The second kappa shape index (κ2) is 7.96. The Morgan fingerprint density at radius 1 is 1.36 bits per heavy atom. The summed E-state index contributed by atoms with van der Waals surface area (Å²) in [7, 11) is 0. The molecule has 0 bridgehead atoms. The minimum absolute atomic E-state index is 0.230. The molecule has 1 aromatic heterocycles. The molecule has 0 saturated carbocycles. The van der Waals surface area contributed by atoms with Crippen LogP contribution in [0.25, 0.3) is 5.57 Å². The molecule has 4 rings (SSSR count). The van der Waals surface area contributed by atoms with Crippen LogP contribution in [0.1, 0.15) is 25.0 Å². The second-order valence-corrected chi connectivity index (χ2v) is 6.57. The summed E-state index contributed by atoms with van der Waals surface area (Å²) in [4.78, 5) is 22.2. The van der Waals surface area contributed by atoms with Gasteiger partial charge in [0, 0.05) is 32.3 Å². The van der Waals surface area contributed by atoms with E-state index in [1.54, 1.807) is 12.3 Å². The summed E-state index contributed by atoms with van der Waals surface area (Å²) in [5, 5.41) is 15.9. The average molecular weight is 376 g/mol. The minimum atomic E-state index is 0.230. The standard InChI is InChI=1S/C20H20N6O2/c21-13-14(19-24-16-5-1-2-6-17(16)28-19)15-8-10-23-20(25-15)22-9-4-12-26-11-3-7-18(26)27/h1-2,5-6,8,10,24H,3-4,7,9,11-12H2,(H,22,23,25)/b19-14+. The van der Waals surface area contributed by atoms with Gasteiger partial charge in [0.2, 0.25) is 17.7 Å². The molecule has 2 N–H and O–H groups in total. The third-order valence-corrected chi connectivity index (χ3v) is 4.66. The van der Waals surface area contributed by atoms with Crippen molar-refractivity contribution in [2.45, 2.75) is 19.3 Å². The number of para-hydroxylation sites is 2. The largest absolute Gasteiger partial charge is 0.437 e. The van der Waals surface area contributed by atoms with Gasteiger partial charge in [0.15, 0.2) is 5.75 Å². The molecular weight excluding hydrogens is 356 g/mol. The van der Waals surface area contributed by atoms with Crippen LogP contribution in [0.4, 0.5) is 11.6 Å². The summed E-state index contributed by atoms with van der Waals surface area (Å²) in [6.45, 7) is 2.22. The fraction of sp³-hybridized carbons (Fsp3) is 0.300. The maximum Gasteiger partial charge on any atom is 0.223 e. The summed E-state index contributed by atoms with van der Waals surface area (Å²) in [5.41, 5.74) is 1.60. The number of ether oxygens (including phenoxy) is 1. The number of rotatable bonds is 6. The third-order valence-electron chi connectivity index (χ3n) is 4.66. The Kier molecular flexibility index (Phi) is 5.06. The SMILES string of the molecule is N#C/C(=C1/Nc2ccccc2O1)c1ccnc(NCCCN2CCCC2=O)n1. The first-order chi connectivity index (χ1) is 13.7. The van der Waals surface area contributed by atoms with Gasteiger partial charge in [0.05, 0.1) is 11.4 Å². The quantitative estimate of drug-likeness (QED) is 0.590. The summed E-state index contributed by atoms with van der Waals surface area (Å²) in [6.07, 6.45) is 4.02. The number of aromatic nitrogens is 2. The summed E-state index contributed by atoms with van der Waals surface area (Å²) in [5.74, 6) is 1.71. The first-order valence-electron chi connectivity index (χ1n) is 9.28. The highest BCUT2D eigenvalue weighted by atomic mass is 16.5. The predicted octanol–water partition coefficient (Wildman–Crippen LogP) is 2.60. The van der Waals surface area contributed by atoms with Gasteiger partial charge < -0.3 is 20.3 Å². The Bertz CT molecular complexity index is 938. The molecule has 2 aliphatic rings. The molecule has 0 atom stereocenters. The number of hydrogen-bond acceptors (Lipinski definition) is 7. The number of anilines is 2. The predicted molar refractivity (Wildman–Crippen MR) is 104 cm³/mol. The maximum atomic E-state index is 11.6. The number of nitrogens with zero attached hydrogens (tertiary/aromatic N) is 4. The number of carbonyl (C=O) groups is 1. The van der Waals surface area contributed by atoms with Crippen molar-refractivity contribution in [1.29, 1.82) is 5.26 Å². The van der Waals surface area contributed by atoms with Crippen molar-refractivity contribution in [3.8, 4) is 11.8 Å². The highest BCUT2D eigenvalue weighted by molar-refractivity contribution is 5.81. The minimum Gasteiger partial charge on any atom is -0.437 e. The van der Waals surface area contributed by atoms with E-state index in [0.717, 1.165) is 31.6 Å². The van der Waals surface area contributed by atoms with E-state index in [0.29, 0.717) is 41.8 Å². The van der Waals surface area contributed by atoms with Crippen LogP contribution in [0.2, 0.25) is 0 Å². The molecule has 2 aromatic rings. The van der Waals surface area contributed by atoms with Gasteiger partial charge >= 0.3 is 0 Å². The molecule has 1 aromatic carbocycles. The Morgan fingerprint density at radius 3 is 3.04 bits per heavy atom. The highest BCUT2D eigenvalue weighted by Gasteiger charge is 2.22. The highest BCUT2D eigenvalue weighted by Crippen LogP contribution is 2.35. The fourth-order valence-electron chi connectivity index (χ4n) is 3.25. The van der Waals surface area contributed by atoms with E-state index in [1.165, 1.54) is 0 Å². The number of benzene rings is 1. The van der Waals surface area contributed by atoms with E-state index in [2.05, 4.69) is 26.7 Å². The monoisotopic (exact) mass is 376 g/mol. The van der Waals surface area contributed by atoms with Crippen LogP contribution in [0, 0.1) is 11.3 Å². The zero-order valence-corrected chi connectivity index (χ0v) is 15.3.